The molecule has 174 valence electrons. The van der Waals surface area contributed by atoms with Gasteiger partial charge in [-0.1, -0.05) is 40.9 Å². The van der Waals surface area contributed by atoms with Crippen molar-refractivity contribution in [1.29, 1.82) is 0 Å². The SMILES string of the molecule is C#CCOC1C(OC(C)=O)C(COC(C)=O)OC(Sc2ccc(Cl)c(Cl)c2)C1OC(C)=O. The van der Waals surface area contributed by atoms with Gasteiger partial charge in [0.1, 0.15) is 30.9 Å². The van der Waals surface area contributed by atoms with Gasteiger partial charge in [-0.3, -0.25) is 14.4 Å². The normalized spacial score (nSPS) is 24.8. The minimum Gasteiger partial charge on any atom is -0.463 e. The molecule has 0 N–H and O–H groups in total. The van der Waals surface area contributed by atoms with Gasteiger partial charge in [0.2, 0.25) is 0 Å². The van der Waals surface area contributed by atoms with Gasteiger partial charge >= 0.3 is 17.9 Å². The molecule has 2 rings (SSSR count). The summed E-state index contributed by atoms with van der Waals surface area (Å²) in [6, 6.07) is 4.95. The Labute approximate surface area is 200 Å². The van der Waals surface area contributed by atoms with Crippen molar-refractivity contribution in [2.75, 3.05) is 13.2 Å². The van der Waals surface area contributed by atoms with Gasteiger partial charge in [-0.15, -0.1) is 6.42 Å². The average Bonchev–Trinajstić information content (AvgIpc) is 2.70. The van der Waals surface area contributed by atoms with Crippen molar-refractivity contribution in [2.24, 2.45) is 0 Å². The maximum atomic E-state index is 11.9. The molecular weight excluding hydrogens is 483 g/mol. The highest BCUT2D eigenvalue weighted by atomic mass is 35.5. The van der Waals surface area contributed by atoms with E-state index < -0.39 is 47.8 Å². The Hall–Kier alpha value is -1.96. The van der Waals surface area contributed by atoms with E-state index in [-0.39, 0.29) is 13.2 Å². The molecular formula is C21H22Cl2O8S. The summed E-state index contributed by atoms with van der Waals surface area (Å²) in [5.41, 5.74) is -0.841. The molecule has 32 heavy (non-hydrogen) atoms. The smallest absolute Gasteiger partial charge is 0.303 e. The minimum absolute atomic E-state index is 0.148. The number of thioether (sulfide) groups is 1. The standard InChI is InChI=1S/C21H22Cl2O8S/c1-5-8-27-19-18(29-12(3)25)17(10-28-11(2)24)31-21(20(19)30-13(4)26)32-14-6-7-15(22)16(23)9-14/h1,6-7,9,17-21H,8,10H2,2-4H3. The predicted molar refractivity (Wildman–Crippen MR) is 117 cm³/mol. The highest BCUT2D eigenvalue weighted by Gasteiger charge is 2.51. The van der Waals surface area contributed by atoms with Gasteiger partial charge in [-0.25, -0.2) is 0 Å². The fourth-order valence-electron chi connectivity index (χ4n) is 2.98. The number of rotatable bonds is 8. The first-order valence-corrected chi connectivity index (χ1v) is 11.1. The first-order chi connectivity index (χ1) is 15.1. The Morgan fingerprint density at radius 3 is 2.25 bits per heavy atom. The number of hydrogen-bond acceptors (Lipinski definition) is 9. The number of carbonyl (C=O) groups is 3. The molecule has 5 atom stereocenters. The summed E-state index contributed by atoms with van der Waals surface area (Å²) < 4.78 is 27.8. The molecule has 1 aromatic rings. The van der Waals surface area contributed by atoms with Crippen LogP contribution < -0.4 is 0 Å². The Kier molecular flexibility index (Phi) is 10.1. The van der Waals surface area contributed by atoms with E-state index >= 15 is 0 Å². The van der Waals surface area contributed by atoms with Gasteiger partial charge in [-0.2, -0.15) is 0 Å². The van der Waals surface area contributed by atoms with E-state index in [9.17, 15) is 14.4 Å². The number of carbonyl (C=O) groups excluding carboxylic acids is 3. The number of hydrogen-bond donors (Lipinski definition) is 0. The zero-order valence-corrected chi connectivity index (χ0v) is 19.9. The van der Waals surface area contributed by atoms with Crippen LogP contribution in [-0.2, 0) is 38.1 Å². The fraction of sp³-hybridized carbons (Fsp3) is 0.476. The van der Waals surface area contributed by atoms with Crippen LogP contribution in [0.5, 0.6) is 0 Å². The second-order valence-electron chi connectivity index (χ2n) is 6.67. The maximum absolute atomic E-state index is 11.9. The summed E-state index contributed by atoms with van der Waals surface area (Å²) in [5, 5.41) is 0.695. The summed E-state index contributed by atoms with van der Waals surface area (Å²) in [6.07, 6.45) is 1.35. The molecule has 0 saturated carbocycles. The number of benzene rings is 1. The quantitative estimate of drug-likeness (QED) is 0.300. The lowest BCUT2D eigenvalue weighted by molar-refractivity contribution is -0.237. The summed E-state index contributed by atoms with van der Waals surface area (Å²) in [4.78, 5) is 35.7. The molecule has 1 heterocycles. The summed E-state index contributed by atoms with van der Waals surface area (Å²) in [5.74, 6) is 0.558. The third kappa shape index (κ3) is 7.57. The highest BCUT2D eigenvalue weighted by Crippen LogP contribution is 2.39. The number of terminal acetylenes is 1. The molecule has 11 heteroatoms. The van der Waals surface area contributed by atoms with Crippen LogP contribution in [0, 0.1) is 12.3 Å². The Morgan fingerprint density at radius 1 is 1.03 bits per heavy atom. The molecule has 5 unspecified atom stereocenters. The second kappa shape index (κ2) is 12.3. The first-order valence-electron chi connectivity index (χ1n) is 9.42. The third-order valence-electron chi connectivity index (χ3n) is 4.15. The molecule has 1 aliphatic rings. The Balaban J connectivity index is 2.43. The molecule has 8 nitrogen and oxygen atoms in total. The lowest BCUT2D eigenvalue weighted by Crippen LogP contribution is -2.61. The number of ether oxygens (including phenoxy) is 5. The van der Waals surface area contributed by atoms with Gasteiger partial charge in [0.25, 0.3) is 0 Å². The van der Waals surface area contributed by atoms with Gasteiger partial charge in [0.15, 0.2) is 12.2 Å². The van der Waals surface area contributed by atoms with Crippen molar-refractivity contribution < 1.29 is 38.1 Å². The summed E-state index contributed by atoms with van der Waals surface area (Å²) >= 11 is 13.3. The van der Waals surface area contributed by atoms with E-state index in [0.29, 0.717) is 14.9 Å². The van der Waals surface area contributed by atoms with E-state index in [1.165, 1.54) is 32.5 Å². The van der Waals surface area contributed by atoms with Gasteiger partial charge in [0, 0.05) is 25.7 Å². The maximum Gasteiger partial charge on any atom is 0.303 e. The van der Waals surface area contributed by atoms with E-state index in [1.54, 1.807) is 18.2 Å². The fourth-order valence-corrected chi connectivity index (χ4v) is 4.48. The molecule has 1 fully saturated rings. The summed E-state index contributed by atoms with van der Waals surface area (Å²) in [7, 11) is 0. The molecule has 0 aliphatic carbocycles. The first kappa shape index (κ1) is 26.3. The van der Waals surface area contributed by atoms with Crippen molar-refractivity contribution in [3.05, 3.63) is 28.2 Å². The van der Waals surface area contributed by atoms with Crippen molar-refractivity contribution in [2.45, 2.75) is 55.5 Å². The van der Waals surface area contributed by atoms with Crippen LogP contribution in [0.2, 0.25) is 10.0 Å². The Bertz CT molecular complexity index is 887. The van der Waals surface area contributed by atoms with Crippen LogP contribution in [0.1, 0.15) is 20.8 Å². The topological polar surface area (TPSA) is 97.4 Å². The van der Waals surface area contributed by atoms with Crippen molar-refractivity contribution >= 4 is 52.9 Å². The second-order valence-corrected chi connectivity index (χ2v) is 8.65. The van der Waals surface area contributed by atoms with E-state index in [0.717, 1.165) is 0 Å². The molecule has 1 aromatic carbocycles. The monoisotopic (exact) mass is 504 g/mol. The molecule has 0 radical (unpaired) electrons. The van der Waals surface area contributed by atoms with Crippen LogP contribution in [0.15, 0.2) is 23.1 Å². The van der Waals surface area contributed by atoms with Crippen LogP contribution >= 0.6 is 35.0 Å². The Morgan fingerprint density at radius 2 is 1.69 bits per heavy atom. The van der Waals surface area contributed by atoms with Crippen LogP contribution in [0.3, 0.4) is 0 Å². The van der Waals surface area contributed by atoms with Crippen molar-refractivity contribution in [1.82, 2.24) is 0 Å². The largest absolute Gasteiger partial charge is 0.463 e. The number of esters is 3. The van der Waals surface area contributed by atoms with Crippen LogP contribution in [0.25, 0.3) is 0 Å². The minimum atomic E-state index is -1.06. The van der Waals surface area contributed by atoms with Crippen molar-refractivity contribution in [3.63, 3.8) is 0 Å². The molecule has 0 spiro atoms. The summed E-state index contributed by atoms with van der Waals surface area (Å²) in [6.45, 7) is 3.29. The van der Waals surface area contributed by atoms with E-state index in [1.807, 2.05) is 0 Å². The molecule has 0 bridgehead atoms. The molecule has 0 amide bonds. The zero-order valence-electron chi connectivity index (χ0n) is 17.5. The molecule has 0 aromatic heterocycles. The molecule has 1 saturated heterocycles. The lowest BCUT2D eigenvalue weighted by atomic mass is 9.99. The van der Waals surface area contributed by atoms with Crippen LogP contribution in [0.4, 0.5) is 0 Å². The van der Waals surface area contributed by atoms with Gasteiger partial charge in [0.05, 0.1) is 10.0 Å². The van der Waals surface area contributed by atoms with Gasteiger partial charge in [-0.05, 0) is 18.2 Å². The van der Waals surface area contributed by atoms with Gasteiger partial charge < -0.3 is 23.7 Å². The number of halogens is 2. The average molecular weight is 505 g/mol. The third-order valence-corrected chi connectivity index (χ3v) is 6.03. The highest BCUT2D eigenvalue weighted by molar-refractivity contribution is 7.99. The van der Waals surface area contributed by atoms with E-state index in [2.05, 4.69) is 5.92 Å². The van der Waals surface area contributed by atoms with Crippen molar-refractivity contribution in [3.8, 4) is 12.3 Å². The van der Waals surface area contributed by atoms with E-state index in [4.69, 9.17) is 53.3 Å². The molecule has 1 aliphatic heterocycles. The zero-order chi connectivity index (χ0) is 23.8. The lowest BCUT2D eigenvalue weighted by Gasteiger charge is -2.44. The predicted octanol–water partition coefficient (Wildman–Crippen LogP) is 3.26. The van der Waals surface area contributed by atoms with Crippen LogP contribution in [-0.4, -0.2) is 61.0 Å².